The van der Waals surface area contributed by atoms with E-state index < -0.39 is 0 Å². The van der Waals surface area contributed by atoms with E-state index in [0.29, 0.717) is 6.61 Å². The smallest absolute Gasteiger partial charge is 0.319 e. The van der Waals surface area contributed by atoms with Gasteiger partial charge in [0, 0.05) is 30.9 Å². The van der Waals surface area contributed by atoms with E-state index in [4.69, 9.17) is 4.74 Å². The molecule has 0 aromatic heterocycles. The molecule has 1 aromatic carbocycles. The first kappa shape index (κ1) is 18.3. The van der Waals surface area contributed by atoms with Crippen molar-refractivity contribution in [3.05, 3.63) is 36.4 Å². The van der Waals surface area contributed by atoms with Crippen LogP contribution >= 0.6 is 0 Å². The van der Waals surface area contributed by atoms with Crippen LogP contribution in [-0.4, -0.2) is 43.2 Å². The third kappa shape index (κ3) is 6.24. The van der Waals surface area contributed by atoms with Gasteiger partial charge >= 0.3 is 6.03 Å². The molecular weight excluding hydrogens is 302 g/mol. The molecule has 1 aliphatic rings. The number of likely N-dealkylation sites (tertiary alicyclic amines) is 1. The van der Waals surface area contributed by atoms with E-state index in [1.54, 1.807) is 0 Å². The maximum atomic E-state index is 12.2. The van der Waals surface area contributed by atoms with Crippen LogP contribution in [0.2, 0.25) is 0 Å². The number of benzene rings is 1. The number of piperidine rings is 1. The Kier molecular flexibility index (Phi) is 7.12. The number of hydrogen-bond acceptors (Lipinski definition) is 3. The van der Waals surface area contributed by atoms with Gasteiger partial charge in [-0.05, 0) is 50.4 Å². The number of nitrogens with zero attached hydrogens (tertiary/aromatic N) is 1. The van der Waals surface area contributed by atoms with Crippen LogP contribution in [0, 0.1) is 0 Å². The van der Waals surface area contributed by atoms with Crippen molar-refractivity contribution in [3.63, 3.8) is 0 Å². The lowest BCUT2D eigenvalue weighted by Gasteiger charge is -2.32. The molecule has 5 nitrogen and oxygen atoms in total. The highest BCUT2D eigenvalue weighted by Crippen LogP contribution is 2.18. The molecule has 0 radical (unpaired) electrons. The Bertz CT molecular complexity index is 551. The molecule has 24 heavy (non-hydrogen) atoms. The van der Waals surface area contributed by atoms with E-state index in [0.717, 1.165) is 49.5 Å². The van der Waals surface area contributed by atoms with Crippen molar-refractivity contribution in [2.45, 2.75) is 39.2 Å². The average molecular weight is 331 g/mol. The third-order valence-corrected chi connectivity index (χ3v) is 4.04. The van der Waals surface area contributed by atoms with E-state index in [1.165, 1.54) is 6.42 Å². The predicted molar refractivity (Wildman–Crippen MR) is 98.7 cm³/mol. The van der Waals surface area contributed by atoms with Crippen LogP contribution in [0.4, 0.5) is 10.5 Å². The van der Waals surface area contributed by atoms with E-state index in [2.05, 4.69) is 29.0 Å². The summed E-state index contributed by atoms with van der Waals surface area (Å²) >= 11 is 0. The predicted octanol–water partition coefficient (Wildman–Crippen LogP) is 3.64. The number of rotatable bonds is 7. The molecule has 0 aliphatic carbocycles. The van der Waals surface area contributed by atoms with Gasteiger partial charge in [0.25, 0.3) is 0 Å². The molecule has 0 atom stereocenters. The van der Waals surface area contributed by atoms with Crippen molar-refractivity contribution < 1.29 is 9.53 Å². The minimum absolute atomic E-state index is 0.152. The lowest BCUT2D eigenvalue weighted by molar-refractivity contribution is 0.196. The molecule has 1 heterocycles. The Morgan fingerprint density at radius 1 is 1.38 bits per heavy atom. The van der Waals surface area contributed by atoms with E-state index in [9.17, 15) is 4.79 Å². The molecule has 2 rings (SSSR count). The summed E-state index contributed by atoms with van der Waals surface area (Å²) < 4.78 is 5.60. The molecule has 132 valence electrons. The minimum Gasteiger partial charge on any atom is -0.489 e. The summed E-state index contributed by atoms with van der Waals surface area (Å²) in [6.07, 6.45) is 3.20. The van der Waals surface area contributed by atoms with Gasteiger partial charge < -0.3 is 20.3 Å². The summed E-state index contributed by atoms with van der Waals surface area (Å²) in [6.45, 7) is 11.7. The zero-order chi connectivity index (χ0) is 17.4. The van der Waals surface area contributed by atoms with Crippen molar-refractivity contribution in [2.75, 3.05) is 31.6 Å². The Hall–Kier alpha value is -2.01. The Morgan fingerprint density at radius 3 is 2.79 bits per heavy atom. The Balaban J connectivity index is 1.78. The Morgan fingerprint density at radius 2 is 2.12 bits per heavy atom. The van der Waals surface area contributed by atoms with Gasteiger partial charge in [0.1, 0.15) is 12.4 Å². The molecule has 1 saturated heterocycles. The van der Waals surface area contributed by atoms with E-state index >= 15 is 0 Å². The molecule has 2 N–H and O–H groups in total. The number of amides is 2. The Labute approximate surface area is 145 Å². The van der Waals surface area contributed by atoms with Crippen LogP contribution in [0.15, 0.2) is 36.4 Å². The highest BCUT2D eigenvalue weighted by atomic mass is 16.5. The molecular formula is C19H29N3O2. The van der Waals surface area contributed by atoms with Gasteiger partial charge in [0.05, 0.1) is 0 Å². The average Bonchev–Trinajstić information content (AvgIpc) is 2.55. The first-order valence-corrected chi connectivity index (χ1v) is 8.74. The summed E-state index contributed by atoms with van der Waals surface area (Å²) in [5, 5.41) is 5.96. The SMILES string of the molecule is C=C(C)COc1cccc(NC(=O)NC2CCN(CCC)CC2)c1. The van der Waals surface area contributed by atoms with Crippen molar-refractivity contribution in [1.29, 1.82) is 0 Å². The summed E-state index contributed by atoms with van der Waals surface area (Å²) in [7, 11) is 0. The number of carbonyl (C=O) groups excluding carboxylic acids is 1. The summed E-state index contributed by atoms with van der Waals surface area (Å²) in [4.78, 5) is 14.6. The van der Waals surface area contributed by atoms with Crippen molar-refractivity contribution in [2.24, 2.45) is 0 Å². The van der Waals surface area contributed by atoms with Gasteiger partial charge in [-0.25, -0.2) is 4.79 Å². The van der Waals surface area contributed by atoms with Crippen LogP contribution in [0.25, 0.3) is 0 Å². The second-order valence-electron chi connectivity index (χ2n) is 6.49. The zero-order valence-corrected chi connectivity index (χ0v) is 14.8. The molecule has 1 aromatic rings. The van der Waals surface area contributed by atoms with Crippen LogP contribution in [0.5, 0.6) is 5.75 Å². The summed E-state index contributed by atoms with van der Waals surface area (Å²) in [5.74, 6) is 0.726. The van der Waals surface area contributed by atoms with Gasteiger partial charge in [-0.3, -0.25) is 0 Å². The lowest BCUT2D eigenvalue weighted by Crippen LogP contribution is -2.46. The second-order valence-corrected chi connectivity index (χ2v) is 6.49. The van der Waals surface area contributed by atoms with E-state index in [1.807, 2.05) is 31.2 Å². The monoisotopic (exact) mass is 331 g/mol. The zero-order valence-electron chi connectivity index (χ0n) is 14.8. The van der Waals surface area contributed by atoms with Gasteiger partial charge in [-0.15, -0.1) is 0 Å². The summed E-state index contributed by atoms with van der Waals surface area (Å²) in [6, 6.07) is 7.52. The van der Waals surface area contributed by atoms with Gasteiger partial charge in [0.15, 0.2) is 0 Å². The maximum absolute atomic E-state index is 12.2. The fraction of sp³-hybridized carbons (Fsp3) is 0.526. The quantitative estimate of drug-likeness (QED) is 0.750. The molecule has 0 unspecified atom stereocenters. The fourth-order valence-corrected chi connectivity index (χ4v) is 2.84. The maximum Gasteiger partial charge on any atom is 0.319 e. The first-order valence-electron chi connectivity index (χ1n) is 8.74. The van der Waals surface area contributed by atoms with Crippen molar-refractivity contribution >= 4 is 11.7 Å². The highest BCUT2D eigenvalue weighted by Gasteiger charge is 2.20. The van der Waals surface area contributed by atoms with Crippen LogP contribution in [0.1, 0.15) is 33.1 Å². The minimum atomic E-state index is -0.152. The molecule has 0 bridgehead atoms. The normalized spacial score (nSPS) is 15.8. The second kappa shape index (κ2) is 9.33. The van der Waals surface area contributed by atoms with Crippen LogP contribution in [0.3, 0.4) is 0 Å². The van der Waals surface area contributed by atoms with E-state index in [-0.39, 0.29) is 12.1 Å². The topological polar surface area (TPSA) is 53.6 Å². The third-order valence-electron chi connectivity index (χ3n) is 4.04. The van der Waals surface area contributed by atoms with Gasteiger partial charge in [-0.2, -0.15) is 0 Å². The molecule has 2 amide bonds. The number of ether oxygens (including phenoxy) is 1. The molecule has 0 spiro atoms. The standard InChI is InChI=1S/C19H29N3O2/c1-4-10-22-11-8-16(9-12-22)20-19(23)21-17-6-5-7-18(13-17)24-14-15(2)3/h5-7,13,16H,2,4,8-12,14H2,1,3H3,(H2,20,21,23). The number of urea groups is 1. The number of carbonyl (C=O) groups is 1. The summed E-state index contributed by atoms with van der Waals surface area (Å²) in [5.41, 5.74) is 1.69. The van der Waals surface area contributed by atoms with Crippen molar-refractivity contribution in [1.82, 2.24) is 10.2 Å². The van der Waals surface area contributed by atoms with Crippen molar-refractivity contribution in [3.8, 4) is 5.75 Å². The number of hydrogen-bond donors (Lipinski definition) is 2. The molecule has 1 aliphatic heterocycles. The largest absolute Gasteiger partial charge is 0.489 e. The molecule has 5 heteroatoms. The number of anilines is 1. The van der Waals surface area contributed by atoms with Gasteiger partial charge in [0.2, 0.25) is 0 Å². The van der Waals surface area contributed by atoms with Gasteiger partial charge in [-0.1, -0.05) is 19.6 Å². The molecule has 0 saturated carbocycles. The lowest BCUT2D eigenvalue weighted by atomic mass is 10.1. The first-order chi connectivity index (χ1) is 11.6. The fourth-order valence-electron chi connectivity index (χ4n) is 2.84. The highest BCUT2D eigenvalue weighted by molar-refractivity contribution is 5.89. The number of nitrogens with one attached hydrogen (secondary N) is 2. The molecule has 1 fully saturated rings. The van der Waals surface area contributed by atoms with Crippen LogP contribution < -0.4 is 15.4 Å². The van der Waals surface area contributed by atoms with Crippen LogP contribution in [-0.2, 0) is 0 Å².